The highest BCUT2D eigenvalue weighted by molar-refractivity contribution is 6.30. The van der Waals surface area contributed by atoms with Gasteiger partial charge in [0.15, 0.2) is 0 Å². The minimum absolute atomic E-state index is 0.111. The standard InChI is InChI=1S/C23H21ClN2O2/c1-23(2,3)20-13-12-17(26(20)16-10-8-15(24)9-11-16)14-25-21(27)18-6-4-5-7-19(18)22(25)28/h4-13H,14H2,1-3H3. The lowest BCUT2D eigenvalue weighted by atomic mass is 9.92. The highest BCUT2D eigenvalue weighted by Gasteiger charge is 2.36. The van der Waals surface area contributed by atoms with Crippen LogP contribution in [0.3, 0.4) is 0 Å². The summed E-state index contributed by atoms with van der Waals surface area (Å²) in [6, 6.07) is 18.6. The number of amides is 2. The maximum atomic E-state index is 12.8. The van der Waals surface area contributed by atoms with E-state index in [9.17, 15) is 9.59 Å². The van der Waals surface area contributed by atoms with Crippen LogP contribution in [-0.4, -0.2) is 21.3 Å². The summed E-state index contributed by atoms with van der Waals surface area (Å²) in [5.41, 5.74) is 3.75. The van der Waals surface area contributed by atoms with E-state index < -0.39 is 0 Å². The fraction of sp³-hybridized carbons (Fsp3) is 0.217. The van der Waals surface area contributed by atoms with Gasteiger partial charge >= 0.3 is 0 Å². The average molecular weight is 393 g/mol. The number of imide groups is 1. The summed E-state index contributed by atoms with van der Waals surface area (Å²) < 4.78 is 2.11. The molecule has 4 nitrogen and oxygen atoms in total. The first kappa shape index (κ1) is 18.5. The third-order valence-corrected chi connectivity index (χ3v) is 5.27. The second-order valence-corrected chi connectivity index (χ2v) is 8.45. The number of halogens is 1. The van der Waals surface area contributed by atoms with Crippen molar-refractivity contribution in [3.63, 3.8) is 0 Å². The van der Waals surface area contributed by atoms with E-state index in [2.05, 4.69) is 31.4 Å². The number of carbonyl (C=O) groups excluding carboxylic acids is 2. The van der Waals surface area contributed by atoms with Gasteiger partial charge in [-0.3, -0.25) is 14.5 Å². The molecule has 4 rings (SSSR count). The summed E-state index contributed by atoms with van der Waals surface area (Å²) in [4.78, 5) is 26.9. The Labute approximate surface area is 169 Å². The minimum Gasteiger partial charge on any atom is -0.316 e. The van der Waals surface area contributed by atoms with Crippen LogP contribution < -0.4 is 0 Å². The molecule has 0 radical (unpaired) electrons. The van der Waals surface area contributed by atoms with E-state index in [1.165, 1.54) is 4.90 Å². The molecule has 142 valence electrons. The number of aromatic nitrogens is 1. The molecular weight excluding hydrogens is 372 g/mol. The summed E-state index contributed by atoms with van der Waals surface area (Å²) in [5.74, 6) is -0.497. The van der Waals surface area contributed by atoms with Gasteiger partial charge in [-0.25, -0.2) is 0 Å². The van der Waals surface area contributed by atoms with Crippen LogP contribution in [0.5, 0.6) is 0 Å². The first-order chi connectivity index (χ1) is 13.3. The molecule has 2 amide bonds. The minimum atomic E-state index is -0.248. The quantitative estimate of drug-likeness (QED) is 0.573. The molecule has 0 saturated carbocycles. The summed E-state index contributed by atoms with van der Waals surface area (Å²) in [6.45, 7) is 6.63. The average Bonchev–Trinajstić information content (AvgIpc) is 3.18. The summed E-state index contributed by atoms with van der Waals surface area (Å²) in [5, 5.41) is 0.662. The lowest BCUT2D eigenvalue weighted by Gasteiger charge is -2.24. The van der Waals surface area contributed by atoms with Crippen molar-refractivity contribution in [2.75, 3.05) is 0 Å². The lowest BCUT2D eigenvalue weighted by molar-refractivity contribution is 0.0639. The van der Waals surface area contributed by atoms with Crippen LogP contribution in [0.4, 0.5) is 0 Å². The number of hydrogen-bond acceptors (Lipinski definition) is 2. The number of nitrogens with zero attached hydrogens (tertiary/aromatic N) is 2. The molecule has 2 aromatic carbocycles. The molecule has 0 aliphatic carbocycles. The van der Waals surface area contributed by atoms with Gasteiger partial charge < -0.3 is 4.57 Å². The molecule has 0 N–H and O–H groups in total. The summed E-state index contributed by atoms with van der Waals surface area (Å²) in [6.07, 6.45) is 0. The van der Waals surface area contributed by atoms with Gasteiger partial charge in [0.2, 0.25) is 0 Å². The van der Waals surface area contributed by atoms with Crippen LogP contribution in [0.2, 0.25) is 5.02 Å². The Kier molecular flexibility index (Phi) is 4.39. The second-order valence-electron chi connectivity index (χ2n) is 8.01. The monoisotopic (exact) mass is 392 g/mol. The molecule has 2 heterocycles. The normalized spacial score (nSPS) is 13.9. The fourth-order valence-electron chi connectivity index (χ4n) is 3.63. The maximum Gasteiger partial charge on any atom is 0.261 e. The van der Waals surface area contributed by atoms with Gasteiger partial charge in [0.05, 0.1) is 17.7 Å². The van der Waals surface area contributed by atoms with Gasteiger partial charge in [-0.2, -0.15) is 0 Å². The molecule has 0 fully saturated rings. The molecule has 28 heavy (non-hydrogen) atoms. The van der Waals surface area contributed by atoms with Crippen molar-refractivity contribution in [1.82, 2.24) is 9.47 Å². The second kappa shape index (κ2) is 6.64. The Bertz CT molecular complexity index is 1040. The zero-order chi connectivity index (χ0) is 20.1. The smallest absolute Gasteiger partial charge is 0.261 e. The third kappa shape index (κ3) is 3.04. The number of hydrogen-bond donors (Lipinski definition) is 0. The Balaban J connectivity index is 1.77. The topological polar surface area (TPSA) is 42.3 Å². The first-order valence-electron chi connectivity index (χ1n) is 9.19. The van der Waals surface area contributed by atoms with E-state index in [0.29, 0.717) is 16.1 Å². The molecule has 5 heteroatoms. The number of benzene rings is 2. The van der Waals surface area contributed by atoms with E-state index in [1.54, 1.807) is 24.3 Å². The van der Waals surface area contributed by atoms with E-state index in [0.717, 1.165) is 17.1 Å². The van der Waals surface area contributed by atoms with Crippen LogP contribution in [0.25, 0.3) is 5.69 Å². The molecule has 0 bridgehead atoms. The SMILES string of the molecule is CC(C)(C)c1ccc(CN2C(=O)c3ccccc3C2=O)n1-c1ccc(Cl)cc1. The summed E-state index contributed by atoms with van der Waals surface area (Å²) >= 11 is 6.06. The molecule has 3 aromatic rings. The summed E-state index contributed by atoms with van der Waals surface area (Å²) in [7, 11) is 0. The van der Waals surface area contributed by atoms with Gasteiger partial charge in [0.25, 0.3) is 11.8 Å². The Morgan fingerprint density at radius 1 is 0.821 bits per heavy atom. The van der Waals surface area contributed by atoms with Crippen molar-refractivity contribution < 1.29 is 9.59 Å². The van der Waals surface area contributed by atoms with Gasteiger partial charge in [-0.15, -0.1) is 0 Å². The molecule has 0 saturated heterocycles. The number of carbonyl (C=O) groups is 2. The fourth-order valence-corrected chi connectivity index (χ4v) is 3.75. The Morgan fingerprint density at radius 3 is 1.93 bits per heavy atom. The highest BCUT2D eigenvalue weighted by Crippen LogP contribution is 2.31. The van der Waals surface area contributed by atoms with Crippen molar-refractivity contribution in [2.24, 2.45) is 0 Å². The number of fused-ring (bicyclic) bond motifs is 1. The maximum absolute atomic E-state index is 12.8. The van der Waals surface area contributed by atoms with Crippen molar-refractivity contribution in [3.8, 4) is 5.69 Å². The molecule has 0 unspecified atom stereocenters. The molecule has 1 aromatic heterocycles. The van der Waals surface area contributed by atoms with E-state index >= 15 is 0 Å². The highest BCUT2D eigenvalue weighted by atomic mass is 35.5. The first-order valence-corrected chi connectivity index (χ1v) is 9.57. The molecule has 1 aliphatic rings. The van der Waals surface area contributed by atoms with Crippen LogP contribution in [0.15, 0.2) is 60.7 Å². The Morgan fingerprint density at radius 2 is 1.39 bits per heavy atom. The van der Waals surface area contributed by atoms with Crippen molar-refractivity contribution in [2.45, 2.75) is 32.7 Å². The third-order valence-electron chi connectivity index (χ3n) is 5.01. The number of rotatable bonds is 3. The predicted octanol–water partition coefficient (Wildman–Crippen LogP) is 5.22. The zero-order valence-electron chi connectivity index (χ0n) is 16.1. The molecule has 1 aliphatic heterocycles. The van der Waals surface area contributed by atoms with Gasteiger partial charge in [-0.1, -0.05) is 44.5 Å². The van der Waals surface area contributed by atoms with E-state index in [4.69, 9.17) is 11.6 Å². The van der Waals surface area contributed by atoms with Crippen LogP contribution >= 0.6 is 11.6 Å². The van der Waals surface area contributed by atoms with Crippen LogP contribution in [0.1, 0.15) is 52.9 Å². The zero-order valence-corrected chi connectivity index (χ0v) is 16.8. The van der Waals surface area contributed by atoms with Gasteiger partial charge in [0.1, 0.15) is 0 Å². The van der Waals surface area contributed by atoms with Crippen molar-refractivity contribution in [1.29, 1.82) is 0 Å². The van der Waals surface area contributed by atoms with Gasteiger partial charge in [-0.05, 0) is 48.5 Å². The lowest BCUT2D eigenvalue weighted by Crippen LogP contribution is -2.30. The molecule has 0 atom stereocenters. The molecule has 0 spiro atoms. The predicted molar refractivity (Wildman–Crippen MR) is 110 cm³/mol. The molecular formula is C23H21ClN2O2. The van der Waals surface area contributed by atoms with E-state index in [1.807, 2.05) is 30.3 Å². The van der Waals surface area contributed by atoms with Crippen LogP contribution in [0, 0.1) is 0 Å². The van der Waals surface area contributed by atoms with Crippen molar-refractivity contribution >= 4 is 23.4 Å². The van der Waals surface area contributed by atoms with Crippen LogP contribution in [-0.2, 0) is 12.0 Å². The Hall–Kier alpha value is -2.85. The van der Waals surface area contributed by atoms with E-state index in [-0.39, 0.29) is 23.8 Å². The van der Waals surface area contributed by atoms with Gasteiger partial charge in [0, 0.05) is 27.5 Å². The van der Waals surface area contributed by atoms with Crippen molar-refractivity contribution in [3.05, 3.63) is 88.2 Å². The largest absolute Gasteiger partial charge is 0.316 e.